The van der Waals surface area contributed by atoms with Gasteiger partial charge in [0.25, 0.3) is 0 Å². The summed E-state index contributed by atoms with van der Waals surface area (Å²) in [7, 11) is 1.99. The number of amides is 1. The lowest BCUT2D eigenvalue weighted by Crippen LogP contribution is -2.37. The van der Waals surface area contributed by atoms with Crippen LogP contribution >= 0.6 is 0 Å². The van der Waals surface area contributed by atoms with Crippen LogP contribution in [0.15, 0.2) is 18.3 Å². The minimum absolute atomic E-state index is 0.0409. The van der Waals surface area contributed by atoms with Crippen LogP contribution in [0, 0.1) is 0 Å². The molecule has 4 nitrogen and oxygen atoms in total. The first-order valence-corrected chi connectivity index (χ1v) is 5.20. The van der Waals surface area contributed by atoms with Gasteiger partial charge in [0.05, 0.1) is 6.54 Å². The van der Waals surface area contributed by atoms with Crippen LogP contribution in [0.25, 0.3) is 0 Å². The molecule has 0 fully saturated rings. The lowest BCUT2D eigenvalue weighted by molar-refractivity contribution is -0.120. The zero-order chi connectivity index (χ0) is 11.3. The Labute approximate surface area is 90.7 Å². The number of hydrogen-bond donors (Lipinski definition) is 2. The van der Waals surface area contributed by atoms with Gasteiger partial charge in [0.2, 0.25) is 5.91 Å². The number of carbonyl (C=O) groups is 1. The fraction of sp³-hybridized carbons (Fsp3) is 0.545. The summed E-state index contributed by atoms with van der Waals surface area (Å²) in [5.74, 6) is 0.0409. The number of nitrogens with one attached hydrogen (secondary N) is 2. The second-order valence-corrected chi connectivity index (χ2v) is 3.94. The molecule has 0 unspecified atom stereocenters. The van der Waals surface area contributed by atoms with E-state index in [1.165, 1.54) is 5.69 Å². The van der Waals surface area contributed by atoms with Gasteiger partial charge in [0.1, 0.15) is 0 Å². The van der Waals surface area contributed by atoms with Crippen molar-refractivity contribution in [1.29, 1.82) is 0 Å². The zero-order valence-corrected chi connectivity index (χ0v) is 9.58. The van der Waals surface area contributed by atoms with Gasteiger partial charge in [-0.2, -0.15) is 0 Å². The second-order valence-electron chi connectivity index (χ2n) is 3.94. The molecule has 0 bridgehead atoms. The predicted octanol–water partition coefficient (Wildman–Crippen LogP) is 0.639. The van der Waals surface area contributed by atoms with Crippen LogP contribution < -0.4 is 10.6 Å². The fourth-order valence-corrected chi connectivity index (χ4v) is 1.36. The Morgan fingerprint density at radius 2 is 2.27 bits per heavy atom. The highest BCUT2D eigenvalue weighted by Crippen LogP contribution is 1.97. The molecule has 15 heavy (non-hydrogen) atoms. The van der Waals surface area contributed by atoms with Crippen molar-refractivity contribution in [2.75, 3.05) is 6.54 Å². The third kappa shape index (κ3) is 4.16. The van der Waals surface area contributed by atoms with Crippen molar-refractivity contribution < 1.29 is 4.79 Å². The van der Waals surface area contributed by atoms with Crippen LogP contribution in [0.3, 0.4) is 0 Å². The number of aromatic nitrogens is 1. The van der Waals surface area contributed by atoms with Crippen molar-refractivity contribution in [3.8, 4) is 0 Å². The molecule has 1 heterocycles. The Bertz CT molecular complexity index is 317. The molecule has 4 heteroatoms. The molecule has 1 rings (SSSR count). The Kier molecular flexibility index (Phi) is 4.37. The highest BCUT2D eigenvalue weighted by Gasteiger charge is 2.02. The molecular formula is C11H19N3O. The molecular weight excluding hydrogens is 190 g/mol. The van der Waals surface area contributed by atoms with Gasteiger partial charge in [-0.15, -0.1) is 0 Å². The van der Waals surface area contributed by atoms with E-state index in [4.69, 9.17) is 0 Å². The molecule has 1 aromatic heterocycles. The smallest absolute Gasteiger partial charge is 0.234 e. The maximum Gasteiger partial charge on any atom is 0.234 e. The summed E-state index contributed by atoms with van der Waals surface area (Å²) >= 11 is 0. The SMILES string of the molecule is CC(C)NC(=O)CNCc1cccn1C. The summed E-state index contributed by atoms with van der Waals surface area (Å²) in [5, 5.41) is 5.93. The first-order chi connectivity index (χ1) is 7.09. The Hall–Kier alpha value is -1.29. The first kappa shape index (κ1) is 11.8. The van der Waals surface area contributed by atoms with Gasteiger partial charge in [-0.1, -0.05) is 0 Å². The quantitative estimate of drug-likeness (QED) is 0.747. The molecule has 0 radical (unpaired) electrons. The summed E-state index contributed by atoms with van der Waals surface area (Å²) in [4.78, 5) is 11.3. The third-order valence-electron chi connectivity index (χ3n) is 2.09. The molecule has 2 N–H and O–H groups in total. The molecule has 0 saturated carbocycles. The van der Waals surface area contributed by atoms with E-state index in [1.54, 1.807) is 0 Å². The molecule has 84 valence electrons. The normalized spacial score (nSPS) is 10.7. The van der Waals surface area contributed by atoms with Gasteiger partial charge in [-0.3, -0.25) is 4.79 Å². The second kappa shape index (κ2) is 5.56. The Morgan fingerprint density at radius 1 is 1.53 bits per heavy atom. The zero-order valence-electron chi connectivity index (χ0n) is 9.58. The minimum atomic E-state index is 0.0409. The van der Waals surface area contributed by atoms with Gasteiger partial charge < -0.3 is 15.2 Å². The van der Waals surface area contributed by atoms with Crippen molar-refractivity contribution in [2.45, 2.75) is 26.4 Å². The third-order valence-corrected chi connectivity index (χ3v) is 2.09. The van der Waals surface area contributed by atoms with Crippen molar-refractivity contribution in [3.05, 3.63) is 24.0 Å². The minimum Gasteiger partial charge on any atom is -0.353 e. The van der Waals surface area contributed by atoms with E-state index in [9.17, 15) is 4.79 Å². The van der Waals surface area contributed by atoms with Gasteiger partial charge in [0.15, 0.2) is 0 Å². The van der Waals surface area contributed by atoms with Crippen LogP contribution in [0.1, 0.15) is 19.5 Å². The number of aryl methyl sites for hydroxylation is 1. The lowest BCUT2D eigenvalue weighted by atomic mass is 10.4. The topological polar surface area (TPSA) is 46.1 Å². The standard InChI is InChI=1S/C11H19N3O/c1-9(2)13-11(15)8-12-7-10-5-4-6-14(10)3/h4-6,9,12H,7-8H2,1-3H3,(H,13,15). The molecule has 0 spiro atoms. The highest BCUT2D eigenvalue weighted by atomic mass is 16.1. The van der Waals surface area contributed by atoms with Gasteiger partial charge in [-0.05, 0) is 26.0 Å². The molecule has 0 aliphatic heterocycles. The van der Waals surface area contributed by atoms with Crippen molar-refractivity contribution in [2.24, 2.45) is 7.05 Å². The van der Waals surface area contributed by atoms with Gasteiger partial charge >= 0.3 is 0 Å². The summed E-state index contributed by atoms with van der Waals surface area (Å²) in [6.07, 6.45) is 1.99. The molecule has 0 atom stereocenters. The first-order valence-electron chi connectivity index (χ1n) is 5.20. The summed E-state index contributed by atoms with van der Waals surface area (Å²) < 4.78 is 2.04. The number of carbonyl (C=O) groups excluding carboxylic acids is 1. The monoisotopic (exact) mass is 209 g/mol. The molecule has 1 aromatic rings. The fourth-order valence-electron chi connectivity index (χ4n) is 1.36. The van der Waals surface area contributed by atoms with Crippen LogP contribution in [0.2, 0.25) is 0 Å². The van der Waals surface area contributed by atoms with Crippen molar-refractivity contribution >= 4 is 5.91 Å². The van der Waals surface area contributed by atoms with Gasteiger partial charge in [-0.25, -0.2) is 0 Å². The Balaban J connectivity index is 2.22. The molecule has 0 aliphatic rings. The van der Waals surface area contributed by atoms with Crippen LogP contribution in [-0.2, 0) is 18.4 Å². The average Bonchev–Trinajstić information content (AvgIpc) is 2.50. The van der Waals surface area contributed by atoms with E-state index in [2.05, 4.69) is 10.6 Å². The number of hydrogen-bond acceptors (Lipinski definition) is 2. The van der Waals surface area contributed by atoms with Crippen LogP contribution in [0.4, 0.5) is 0 Å². The number of nitrogens with zero attached hydrogens (tertiary/aromatic N) is 1. The van der Waals surface area contributed by atoms with E-state index in [-0.39, 0.29) is 11.9 Å². The predicted molar refractivity (Wildman–Crippen MR) is 60.4 cm³/mol. The van der Waals surface area contributed by atoms with Gasteiger partial charge in [0, 0.05) is 31.5 Å². The van der Waals surface area contributed by atoms with E-state index in [0.29, 0.717) is 6.54 Å². The van der Waals surface area contributed by atoms with Crippen LogP contribution in [0.5, 0.6) is 0 Å². The Morgan fingerprint density at radius 3 is 2.80 bits per heavy atom. The van der Waals surface area contributed by atoms with E-state index in [1.807, 2.05) is 43.8 Å². The molecule has 1 amide bonds. The molecule has 0 saturated heterocycles. The van der Waals surface area contributed by atoms with E-state index < -0.39 is 0 Å². The molecule has 0 aromatic carbocycles. The largest absolute Gasteiger partial charge is 0.353 e. The summed E-state index contributed by atoms with van der Waals surface area (Å²) in [5.41, 5.74) is 1.17. The summed E-state index contributed by atoms with van der Waals surface area (Å²) in [6, 6.07) is 4.23. The van der Waals surface area contributed by atoms with Crippen LogP contribution in [-0.4, -0.2) is 23.1 Å². The van der Waals surface area contributed by atoms with Crippen molar-refractivity contribution in [1.82, 2.24) is 15.2 Å². The maximum atomic E-state index is 11.3. The van der Waals surface area contributed by atoms with E-state index >= 15 is 0 Å². The van der Waals surface area contributed by atoms with Crippen molar-refractivity contribution in [3.63, 3.8) is 0 Å². The maximum absolute atomic E-state index is 11.3. The average molecular weight is 209 g/mol. The lowest BCUT2D eigenvalue weighted by Gasteiger charge is -2.09. The highest BCUT2D eigenvalue weighted by molar-refractivity contribution is 5.78. The molecule has 0 aliphatic carbocycles. The number of rotatable bonds is 5. The summed E-state index contributed by atoms with van der Waals surface area (Å²) in [6.45, 7) is 4.99. The van der Waals surface area contributed by atoms with E-state index in [0.717, 1.165) is 6.54 Å².